The second-order valence-electron chi connectivity index (χ2n) is 8.36. The lowest BCUT2D eigenvalue weighted by Crippen LogP contribution is -2.31. The minimum absolute atomic E-state index is 0.00416. The zero-order chi connectivity index (χ0) is 22.6. The molecule has 8 nitrogen and oxygen atoms in total. The van der Waals surface area contributed by atoms with Gasteiger partial charge in [-0.3, -0.25) is 19.2 Å². The van der Waals surface area contributed by atoms with Gasteiger partial charge in [0.05, 0.1) is 36.9 Å². The predicted molar refractivity (Wildman–Crippen MR) is 111 cm³/mol. The summed E-state index contributed by atoms with van der Waals surface area (Å²) in [6.45, 7) is 4.50. The van der Waals surface area contributed by atoms with Crippen LogP contribution in [-0.2, 0) is 38.1 Å². The maximum atomic E-state index is 12.3. The predicted octanol–water partition coefficient (Wildman–Crippen LogP) is 3.20. The van der Waals surface area contributed by atoms with Crippen LogP contribution in [-0.4, -0.2) is 50.3 Å². The van der Waals surface area contributed by atoms with Crippen LogP contribution in [0.15, 0.2) is 0 Å². The van der Waals surface area contributed by atoms with E-state index in [0.29, 0.717) is 51.7 Å². The zero-order valence-corrected chi connectivity index (χ0v) is 18.8. The number of carbonyl (C=O) groups excluding carboxylic acids is 4. The van der Waals surface area contributed by atoms with Gasteiger partial charge in [0.2, 0.25) is 0 Å². The summed E-state index contributed by atoms with van der Waals surface area (Å²) >= 11 is 0. The van der Waals surface area contributed by atoms with Crippen LogP contribution < -0.4 is 0 Å². The second kappa shape index (κ2) is 13.3. The Morgan fingerprint density at radius 3 is 1.45 bits per heavy atom. The van der Waals surface area contributed by atoms with E-state index in [0.717, 1.165) is 19.3 Å². The van der Waals surface area contributed by atoms with Crippen molar-refractivity contribution in [1.82, 2.24) is 0 Å². The molecule has 0 aromatic heterocycles. The van der Waals surface area contributed by atoms with E-state index in [9.17, 15) is 19.2 Å². The Morgan fingerprint density at radius 2 is 1.00 bits per heavy atom. The highest BCUT2D eigenvalue weighted by Crippen LogP contribution is 2.31. The lowest BCUT2D eigenvalue weighted by Gasteiger charge is -2.27. The fourth-order valence-electron chi connectivity index (χ4n) is 4.28. The van der Waals surface area contributed by atoms with Gasteiger partial charge in [-0.15, -0.1) is 0 Å². The molecule has 0 N–H and O–H groups in total. The number of carbonyl (C=O) groups is 4. The molecule has 2 aliphatic rings. The molecule has 0 heterocycles. The largest absolute Gasteiger partial charge is 0.466 e. The second-order valence-corrected chi connectivity index (χ2v) is 8.36. The van der Waals surface area contributed by atoms with Crippen LogP contribution in [0.2, 0.25) is 0 Å². The summed E-state index contributed by atoms with van der Waals surface area (Å²) in [6.07, 6.45) is 5.88. The average Bonchev–Trinajstić information content (AvgIpc) is 2.80. The Kier molecular flexibility index (Phi) is 10.8. The Labute approximate surface area is 184 Å². The molecule has 0 amide bonds. The Bertz CT molecular complexity index is 609. The normalized spacial score (nSPS) is 25.9. The van der Waals surface area contributed by atoms with Gasteiger partial charge in [-0.1, -0.05) is 13.3 Å². The Morgan fingerprint density at radius 1 is 0.581 bits per heavy atom. The van der Waals surface area contributed by atoms with Crippen molar-refractivity contribution < 1.29 is 38.1 Å². The molecule has 2 aliphatic carbocycles. The summed E-state index contributed by atoms with van der Waals surface area (Å²) in [5, 5.41) is 0. The average molecular weight is 441 g/mol. The molecule has 2 saturated carbocycles. The van der Waals surface area contributed by atoms with Crippen molar-refractivity contribution in [2.24, 2.45) is 23.7 Å². The third-order valence-electron chi connectivity index (χ3n) is 6.04. The monoisotopic (exact) mass is 440 g/mol. The third kappa shape index (κ3) is 8.15. The summed E-state index contributed by atoms with van der Waals surface area (Å²) in [5.41, 5.74) is 0. The van der Waals surface area contributed by atoms with Crippen molar-refractivity contribution in [3.63, 3.8) is 0 Å². The lowest BCUT2D eigenvalue weighted by atomic mass is 9.81. The number of hydrogen-bond donors (Lipinski definition) is 0. The van der Waals surface area contributed by atoms with Crippen LogP contribution in [0.5, 0.6) is 0 Å². The molecule has 176 valence electrons. The highest BCUT2D eigenvalue weighted by molar-refractivity contribution is 5.77. The molecule has 0 aromatic rings. The molecule has 0 radical (unpaired) electrons. The van der Waals surface area contributed by atoms with E-state index < -0.39 is 0 Å². The fourth-order valence-corrected chi connectivity index (χ4v) is 4.28. The smallest absolute Gasteiger partial charge is 0.309 e. The summed E-state index contributed by atoms with van der Waals surface area (Å²) < 4.78 is 20.8. The van der Waals surface area contributed by atoms with Crippen LogP contribution in [0.25, 0.3) is 0 Å². The minimum atomic E-state index is -0.348. The first-order chi connectivity index (χ1) is 15.0. The summed E-state index contributed by atoms with van der Waals surface area (Å²) in [5.74, 6) is -2.01. The van der Waals surface area contributed by atoms with Gasteiger partial charge < -0.3 is 18.9 Å². The first kappa shape index (κ1) is 25.1. The van der Waals surface area contributed by atoms with Gasteiger partial charge in [0, 0.05) is 0 Å². The van der Waals surface area contributed by atoms with E-state index in [-0.39, 0.29) is 60.8 Å². The molecular formula is C23H36O8. The van der Waals surface area contributed by atoms with Gasteiger partial charge in [0.25, 0.3) is 0 Å². The van der Waals surface area contributed by atoms with Gasteiger partial charge in [-0.25, -0.2) is 0 Å². The molecule has 2 unspecified atom stereocenters. The topological polar surface area (TPSA) is 105 Å². The fraction of sp³-hybridized carbons (Fsp3) is 0.826. The van der Waals surface area contributed by atoms with E-state index in [1.165, 1.54) is 0 Å². The highest BCUT2D eigenvalue weighted by Gasteiger charge is 2.33. The van der Waals surface area contributed by atoms with E-state index in [1.54, 1.807) is 6.92 Å². The first-order valence-corrected chi connectivity index (χ1v) is 11.6. The standard InChI is InChI=1S/C23H36O8/c1-3-12-29-22(26)18-6-5-7-19(15-18)23(27)31-14-13-30-21(25)17-10-8-16(9-11-17)20(24)28-4-2/h16-19H,3-15H2,1-2H3. The number of ether oxygens (including phenoxy) is 4. The minimum Gasteiger partial charge on any atom is -0.466 e. The van der Waals surface area contributed by atoms with Crippen molar-refractivity contribution >= 4 is 23.9 Å². The molecule has 0 aromatic carbocycles. The SMILES string of the molecule is CCCOC(=O)C1CCCC(C(=O)OCCOC(=O)C2CCC(C(=O)OCC)CC2)C1. The van der Waals surface area contributed by atoms with Crippen molar-refractivity contribution in [2.45, 2.75) is 71.6 Å². The van der Waals surface area contributed by atoms with Crippen molar-refractivity contribution in [2.75, 3.05) is 26.4 Å². The van der Waals surface area contributed by atoms with Crippen molar-refractivity contribution in [3.8, 4) is 0 Å². The van der Waals surface area contributed by atoms with E-state index >= 15 is 0 Å². The summed E-state index contributed by atoms with van der Waals surface area (Å²) in [6, 6.07) is 0. The molecular weight excluding hydrogens is 404 g/mol. The molecule has 2 atom stereocenters. The van der Waals surface area contributed by atoms with Crippen LogP contribution in [0.4, 0.5) is 0 Å². The molecule has 2 fully saturated rings. The molecule has 0 saturated heterocycles. The van der Waals surface area contributed by atoms with Crippen molar-refractivity contribution in [1.29, 1.82) is 0 Å². The maximum Gasteiger partial charge on any atom is 0.309 e. The summed E-state index contributed by atoms with van der Waals surface area (Å²) in [7, 11) is 0. The van der Waals surface area contributed by atoms with Crippen LogP contribution in [0, 0.1) is 23.7 Å². The van der Waals surface area contributed by atoms with Gasteiger partial charge in [-0.2, -0.15) is 0 Å². The number of esters is 4. The van der Waals surface area contributed by atoms with E-state index in [4.69, 9.17) is 18.9 Å². The first-order valence-electron chi connectivity index (χ1n) is 11.6. The van der Waals surface area contributed by atoms with Crippen molar-refractivity contribution in [3.05, 3.63) is 0 Å². The van der Waals surface area contributed by atoms with Gasteiger partial charge in [-0.05, 0) is 58.3 Å². The Hall–Kier alpha value is -2.12. The van der Waals surface area contributed by atoms with Gasteiger partial charge in [0.1, 0.15) is 13.2 Å². The maximum absolute atomic E-state index is 12.3. The van der Waals surface area contributed by atoms with Crippen LogP contribution >= 0.6 is 0 Å². The molecule has 2 rings (SSSR count). The third-order valence-corrected chi connectivity index (χ3v) is 6.04. The molecule has 31 heavy (non-hydrogen) atoms. The van der Waals surface area contributed by atoms with E-state index in [2.05, 4.69) is 0 Å². The lowest BCUT2D eigenvalue weighted by molar-refractivity contribution is -0.161. The van der Waals surface area contributed by atoms with E-state index in [1.807, 2.05) is 6.92 Å². The highest BCUT2D eigenvalue weighted by atomic mass is 16.6. The number of rotatable bonds is 10. The van der Waals surface area contributed by atoms with Gasteiger partial charge in [0.15, 0.2) is 0 Å². The van der Waals surface area contributed by atoms with Crippen LogP contribution in [0.1, 0.15) is 71.6 Å². The molecule has 0 spiro atoms. The molecule has 0 aliphatic heterocycles. The zero-order valence-electron chi connectivity index (χ0n) is 18.8. The molecule has 8 heteroatoms. The van der Waals surface area contributed by atoms with Gasteiger partial charge >= 0.3 is 23.9 Å². The van der Waals surface area contributed by atoms with Crippen LogP contribution in [0.3, 0.4) is 0 Å². The quantitative estimate of drug-likeness (QED) is 0.290. The number of hydrogen-bond acceptors (Lipinski definition) is 8. The summed E-state index contributed by atoms with van der Waals surface area (Å²) in [4.78, 5) is 48.4. The Balaban J connectivity index is 1.62. The molecule has 0 bridgehead atoms.